The van der Waals surface area contributed by atoms with Gasteiger partial charge in [0.25, 0.3) is 0 Å². The first kappa shape index (κ1) is 16.1. The molecule has 1 aliphatic heterocycles. The Bertz CT molecular complexity index is 617. The molecule has 0 atom stereocenters. The molecule has 0 unspecified atom stereocenters. The van der Waals surface area contributed by atoms with E-state index in [9.17, 15) is 0 Å². The van der Waals surface area contributed by atoms with Gasteiger partial charge < -0.3 is 4.52 Å². The third kappa shape index (κ3) is 4.39. The quantitative estimate of drug-likeness (QED) is 0.820. The van der Waals surface area contributed by atoms with E-state index in [2.05, 4.69) is 58.1 Å². The molecule has 23 heavy (non-hydrogen) atoms. The number of hydrogen-bond donors (Lipinski definition) is 0. The lowest BCUT2D eigenvalue weighted by atomic mass is 10.1. The van der Waals surface area contributed by atoms with Crippen molar-refractivity contribution in [1.82, 2.24) is 19.9 Å². The SMILES string of the molecule is CCCc1noc(CN2CCN(Cc3ccccc3C)CC2)n1. The molecule has 5 heteroatoms. The maximum atomic E-state index is 5.34. The van der Waals surface area contributed by atoms with E-state index in [1.165, 1.54) is 11.1 Å². The average molecular weight is 314 g/mol. The van der Waals surface area contributed by atoms with E-state index in [0.29, 0.717) is 0 Å². The van der Waals surface area contributed by atoms with Gasteiger partial charge >= 0.3 is 0 Å². The Morgan fingerprint density at radius 1 is 1.04 bits per heavy atom. The fourth-order valence-electron chi connectivity index (χ4n) is 3.00. The van der Waals surface area contributed by atoms with Crippen molar-refractivity contribution in [1.29, 1.82) is 0 Å². The molecule has 0 bridgehead atoms. The number of benzene rings is 1. The van der Waals surface area contributed by atoms with Crippen LogP contribution in [0.5, 0.6) is 0 Å². The van der Waals surface area contributed by atoms with E-state index >= 15 is 0 Å². The Morgan fingerprint density at radius 2 is 1.74 bits per heavy atom. The largest absolute Gasteiger partial charge is 0.338 e. The van der Waals surface area contributed by atoms with Gasteiger partial charge in [-0.1, -0.05) is 36.3 Å². The van der Waals surface area contributed by atoms with Crippen molar-refractivity contribution in [2.75, 3.05) is 26.2 Å². The van der Waals surface area contributed by atoms with Crippen LogP contribution in [0.15, 0.2) is 28.8 Å². The van der Waals surface area contributed by atoms with Gasteiger partial charge in [0, 0.05) is 39.1 Å². The second-order valence-corrected chi connectivity index (χ2v) is 6.33. The summed E-state index contributed by atoms with van der Waals surface area (Å²) in [5.74, 6) is 1.58. The topological polar surface area (TPSA) is 45.4 Å². The number of aromatic nitrogens is 2. The van der Waals surface area contributed by atoms with E-state index in [1.807, 2.05) is 0 Å². The number of aryl methyl sites for hydroxylation is 2. The Balaban J connectivity index is 1.47. The second-order valence-electron chi connectivity index (χ2n) is 6.33. The number of nitrogens with zero attached hydrogens (tertiary/aromatic N) is 4. The van der Waals surface area contributed by atoms with E-state index in [-0.39, 0.29) is 0 Å². The molecule has 124 valence electrons. The predicted octanol–water partition coefficient (Wildman–Crippen LogP) is 2.65. The zero-order valence-electron chi connectivity index (χ0n) is 14.2. The van der Waals surface area contributed by atoms with E-state index in [0.717, 1.165) is 63.8 Å². The lowest BCUT2D eigenvalue weighted by Gasteiger charge is -2.34. The molecule has 1 aromatic heterocycles. The smallest absolute Gasteiger partial charge is 0.240 e. The van der Waals surface area contributed by atoms with Crippen molar-refractivity contribution in [3.8, 4) is 0 Å². The molecule has 1 aromatic carbocycles. The van der Waals surface area contributed by atoms with E-state index in [1.54, 1.807) is 0 Å². The van der Waals surface area contributed by atoms with Gasteiger partial charge in [-0.25, -0.2) is 0 Å². The van der Waals surface area contributed by atoms with E-state index in [4.69, 9.17) is 4.52 Å². The lowest BCUT2D eigenvalue weighted by molar-refractivity contribution is 0.112. The Morgan fingerprint density at radius 3 is 2.43 bits per heavy atom. The summed E-state index contributed by atoms with van der Waals surface area (Å²) in [4.78, 5) is 9.38. The fourth-order valence-corrected chi connectivity index (χ4v) is 3.00. The van der Waals surface area contributed by atoms with Gasteiger partial charge in [-0.05, 0) is 24.5 Å². The molecular formula is C18H26N4O. The molecular weight excluding hydrogens is 288 g/mol. The van der Waals surface area contributed by atoms with Crippen LogP contribution >= 0.6 is 0 Å². The van der Waals surface area contributed by atoms with Crippen LogP contribution in [-0.4, -0.2) is 46.1 Å². The molecule has 2 heterocycles. The van der Waals surface area contributed by atoms with Crippen LogP contribution < -0.4 is 0 Å². The van der Waals surface area contributed by atoms with Crippen molar-refractivity contribution in [3.05, 3.63) is 47.1 Å². The first-order valence-electron chi connectivity index (χ1n) is 8.55. The molecule has 0 spiro atoms. The molecule has 0 amide bonds. The van der Waals surface area contributed by atoms with Crippen molar-refractivity contribution in [3.63, 3.8) is 0 Å². The van der Waals surface area contributed by atoms with Crippen molar-refractivity contribution < 1.29 is 4.52 Å². The molecule has 1 saturated heterocycles. The Kier molecular flexibility index (Phi) is 5.41. The Hall–Kier alpha value is -1.72. The van der Waals surface area contributed by atoms with Gasteiger partial charge in [-0.3, -0.25) is 9.80 Å². The highest BCUT2D eigenvalue weighted by Gasteiger charge is 2.19. The number of hydrogen-bond acceptors (Lipinski definition) is 5. The minimum Gasteiger partial charge on any atom is -0.338 e. The maximum absolute atomic E-state index is 5.34. The van der Waals surface area contributed by atoms with Crippen LogP contribution in [0.25, 0.3) is 0 Å². The molecule has 3 rings (SSSR count). The molecule has 1 aliphatic rings. The maximum Gasteiger partial charge on any atom is 0.240 e. The van der Waals surface area contributed by atoms with Gasteiger partial charge in [0.1, 0.15) is 0 Å². The predicted molar refractivity (Wildman–Crippen MR) is 90.0 cm³/mol. The summed E-state index contributed by atoms with van der Waals surface area (Å²) in [6, 6.07) is 8.65. The highest BCUT2D eigenvalue weighted by Crippen LogP contribution is 2.13. The average Bonchev–Trinajstić information content (AvgIpc) is 2.99. The van der Waals surface area contributed by atoms with Crippen LogP contribution in [0.4, 0.5) is 0 Å². The highest BCUT2D eigenvalue weighted by atomic mass is 16.5. The second kappa shape index (κ2) is 7.70. The van der Waals surface area contributed by atoms with Crippen molar-refractivity contribution in [2.24, 2.45) is 0 Å². The monoisotopic (exact) mass is 314 g/mol. The van der Waals surface area contributed by atoms with Gasteiger partial charge in [-0.15, -0.1) is 0 Å². The summed E-state index contributed by atoms with van der Waals surface area (Å²) in [7, 11) is 0. The third-order valence-corrected chi connectivity index (χ3v) is 4.46. The molecule has 0 saturated carbocycles. The molecule has 0 aliphatic carbocycles. The molecule has 5 nitrogen and oxygen atoms in total. The zero-order valence-corrected chi connectivity index (χ0v) is 14.2. The minimum atomic E-state index is 0.751. The van der Waals surface area contributed by atoms with E-state index < -0.39 is 0 Å². The number of piperazine rings is 1. The minimum absolute atomic E-state index is 0.751. The fraction of sp³-hybridized carbons (Fsp3) is 0.556. The first-order valence-corrected chi connectivity index (χ1v) is 8.55. The molecule has 2 aromatic rings. The zero-order chi connectivity index (χ0) is 16.1. The van der Waals surface area contributed by atoms with Crippen LogP contribution in [0.3, 0.4) is 0 Å². The number of rotatable bonds is 6. The van der Waals surface area contributed by atoms with Crippen molar-refractivity contribution in [2.45, 2.75) is 39.8 Å². The highest BCUT2D eigenvalue weighted by molar-refractivity contribution is 5.25. The first-order chi connectivity index (χ1) is 11.2. The van der Waals surface area contributed by atoms with Gasteiger partial charge in [-0.2, -0.15) is 4.98 Å². The van der Waals surface area contributed by atoms with Gasteiger partial charge in [0.2, 0.25) is 5.89 Å². The van der Waals surface area contributed by atoms with Gasteiger partial charge in [0.05, 0.1) is 6.54 Å². The summed E-state index contributed by atoms with van der Waals surface area (Å²) in [6.45, 7) is 10.4. The molecule has 0 N–H and O–H groups in total. The summed E-state index contributed by atoms with van der Waals surface area (Å²) in [6.07, 6.45) is 1.95. The lowest BCUT2D eigenvalue weighted by Crippen LogP contribution is -2.45. The van der Waals surface area contributed by atoms with Crippen LogP contribution in [0.1, 0.15) is 36.2 Å². The van der Waals surface area contributed by atoms with Crippen molar-refractivity contribution >= 4 is 0 Å². The van der Waals surface area contributed by atoms with Crippen LogP contribution in [0, 0.1) is 6.92 Å². The van der Waals surface area contributed by atoms with Crippen LogP contribution in [0.2, 0.25) is 0 Å². The molecule has 0 radical (unpaired) electrons. The molecule has 1 fully saturated rings. The third-order valence-electron chi connectivity index (χ3n) is 4.46. The standard InChI is InChI=1S/C18H26N4O/c1-3-6-17-19-18(23-20-17)14-22-11-9-21(10-12-22)13-16-8-5-4-7-15(16)2/h4-5,7-8H,3,6,9-14H2,1-2H3. The summed E-state index contributed by atoms with van der Waals surface area (Å²) in [5, 5.41) is 4.03. The Labute approximate surface area is 138 Å². The summed E-state index contributed by atoms with van der Waals surface area (Å²) >= 11 is 0. The van der Waals surface area contributed by atoms with Crippen LogP contribution in [-0.2, 0) is 19.5 Å². The van der Waals surface area contributed by atoms with Gasteiger partial charge in [0.15, 0.2) is 5.82 Å². The summed E-state index contributed by atoms with van der Waals surface area (Å²) in [5.41, 5.74) is 2.81. The normalized spacial score (nSPS) is 16.8. The summed E-state index contributed by atoms with van der Waals surface area (Å²) < 4.78 is 5.34.